The molecule has 0 fully saturated rings. The van der Waals surface area contributed by atoms with Crippen LogP contribution in [0, 0.1) is 12.1 Å². The van der Waals surface area contributed by atoms with Crippen LogP contribution in [0.5, 0.6) is 0 Å². The van der Waals surface area contributed by atoms with Crippen molar-refractivity contribution in [2.75, 3.05) is 0 Å². The molecule has 25 heavy (non-hydrogen) atoms. The molecule has 2 rings (SSSR count). The van der Waals surface area contributed by atoms with Gasteiger partial charge in [0.1, 0.15) is 11.5 Å². The fourth-order valence-electron chi connectivity index (χ4n) is 2.23. The Labute approximate surface area is 151 Å². The van der Waals surface area contributed by atoms with Crippen LogP contribution >= 0.6 is 0 Å². The fraction of sp³-hybridized carbons (Fsp3) is 0.450. The van der Waals surface area contributed by atoms with E-state index in [-0.39, 0.29) is 11.6 Å². The van der Waals surface area contributed by atoms with E-state index in [2.05, 4.69) is 33.9 Å². The van der Waals surface area contributed by atoms with Gasteiger partial charge >= 0.3 is 0 Å². The summed E-state index contributed by atoms with van der Waals surface area (Å²) in [5.74, 6) is 1.49. The Morgan fingerprint density at radius 2 is 1.80 bits per heavy atom. The van der Waals surface area contributed by atoms with Crippen molar-refractivity contribution in [3.8, 4) is 0 Å². The van der Waals surface area contributed by atoms with Gasteiger partial charge in [0.2, 0.25) is 0 Å². The molecule has 0 aliphatic rings. The van der Waals surface area contributed by atoms with Crippen LogP contribution in [0.3, 0.4) is 0 Å². The molecule has 1 heterocycles. The van der Waals surface area contributed by atoms with Gasteiger partial charge in [0, 0.05) is 5.56 Å². The molecule has 1 aromatic heterocycles. The highest BCUT2D eigenvalue weighted by Gasteiger charge is 2.40. The van der Waals surface area contributed by atoms with Gasteiger partial charge in [-0.3, -0.25) is 0 Å². The van der Waals surface area contributed by atoms with E-state index < -0.39 is 14.4 Å². The SMILES string of the molecule is Cc1ccc([C@H](/C=[N+](\[O-])Cc2ccccc2)O[Si](C)(C)C(C)(C)C)o1. The first-order chi connectivity index (χ1) is 11.6. The molecule has 0 aliphatic carbocycles. The quantitative estimate of drug-likeness (QED) is 0.227. The van der Waals surface area contributed by atoms with Crippen molar-refractivity contribution in [3.05, 3.63) is 64.8 Å². The predicted molar refractivity (Wildman–Crippen MR) is 104 cm³/mol. The summed E-state index contributed by atoms with van der Waals surface area (Å²) in [5.41, 5.74) is 0.968. The number of benzene rings is 1. The van der Waals surface area contributed by atoms with E-state index in [0.29, 0.717) is 5.76 Å². The molecule has 0 saturated heterocycles. The molecule has 0 radical (unpaired) electrons. The Balaban J connectivity index is 2.27. The smallest absolute Gasteiger partial charge is 0.193 e. The summed E-state index contributed by atoms with van der Waals surface area (Å²) in [6, 6.07) is 13.5. The van der Waals surface area contributed by atoms with Crippen molar-refractivity contribution in [1.29, 1.82) is 0 Å². The lowest BCUT2D eigenvalue weighted by molar-refractivity contribution is -0.472. The van der Waals surface area contributed by atoms with Crippen molar-refractivity contribution in [1.82, 2.24) is 0 Å². The molecule has 0 amide bonds. The van der Waals surface area contributed by atoms with E-state index in [0.717, 1.165) is 16.1 Å². The average Bonchev–Trinajstić information content (AvgIpc) is 2.93. The minimum Gasteiger partial charge on any atom is -0.624 e. The first-order valence-electron chi connectivity index (χ1n) is 8.65. The first-order valence-corrected chi connectivity index (χ1v) is 11.6. The maximum Gasteiger partial charge on any atom is 0.193 e. The van der Waals surface area contributed by atoms with Gasteiger partial charge in [0.15, 0.2) is 27.2 Å². The monoisotopic (exact) mass is 359 g/mol. The molecule has 136 valence electrons. The number of aryl methyl sites for hydroxylation is 1. The van der Waals surface area contributed by atoms with Gasteiger partial charge in [-0.15, -0.1) is 0 Å². The maximum absolute atomic E-state index is 12.5. The van der Waals surface area contributed by atoms with Gasteiger partial charge in [0.05, 0.1) is 0 Å². The van der Waals surface area contributed by atoms with Crippen LogP contribution in [0.1, 0.15) is 44.0 Å². The third-order valence-electron chi connectivity index (χ3n) is 4.75. The van der Waals surface area contributed by atoms with E-state index in [1.165, 1.54) is 0 Å². The third-order valence-corrected chi connectivity index (χ3v) is 9.21. The molecular formula is C20H29NO3Si. The second-order valence-electron chi connectivity index (χ2n) is 7.96. The van der Waals surface area contributed by atoms with Crippen LogP contribution in [0.4, 0.5) is 0 Å². The molecule has 0 unspecified atom stereocenters. The number of hydroxylamine groups is 1. The Morgan fingerprint density at radius 3 is 2.32 bits per heavy atom. The molecular weight excluding hydrogens is 330 g/mol. The van der Waals surface area contributed by atoms with Crippen molar-refractivity contribution < 1.29 is 13.6 Å². The lowest BCUT2D eigenvalue weighted by atomic mass is 10.2. The molecule has 0 spiro atoms. The zero-order valence-corrected chi connectivity index (χ0v) is 17.1. The summed E-state index contributed by atoms with van der Waals surface area (Å²) in [6.07, 6.45) is 1.11. The van der Waals surface area contributed by atoms with Gasteiger partial charge in [-0.2, -0.15) is 0 Å². The Kier molecular flexibility index (Phi) is 5.90. The molecule has 1 atom stereocenters. The summed E-state index contributed by atoms with van der Waals surface area (Å²) < 4.78 is 13.1. The predicted octanol–water partition coefficient (Wildman–Crippen LogP) is 5.43. The number of hydrogen-bond donors (Lipinski definition) is 0. The number of hydrogen-bond acceptors (Lipinski definition) is 3. The van der Waals surface area contributed by atoms with E-state index in [1.807, 2.05) is 49.4 Å². The molecule has 4 nitrogen and oxygen atoms in total. The summed E-state index contributed by atoms with van der Waals surface area (Å²) in [4.78, 5) is 0. The summed E-state index contributed by atoms with van der Waals surface area (Å²) in [5, 5.41) is 12.5. The number of furan rings is 1. The van der Waals surface area contributed by atoms with Gasteiger partial charge in [-0.05, 0) is 37.2 Å². The average molecular weight is 360 g/mol. The second-order valence-corrected chi connectivity index (χ2v) is 12.7. The lowest BCUT2D eigenvalue weighted by Gasteiger charge is -2.37. The largest absolute Gasteiger partial charge is 0.624 e. The minimum atomic E-state index is -2.06. The second kappa shape index (κ2) is 7.58. The van der Waals surface area contributed by atoms with Crippen LogP contribution in [0.15, 0.2) is 46.9 Å². The topological polar surface area (TPSA) is 48.4 Å². The highest BCUT2D eigenvalue weighted by atomic mass is 28.4. The van der Waals surface area contributed by atoms with Crippen LogP contribution in [-0.4, -0.2) is 19.3 Å². The van der Waals surface area contributed by atoms with Gasteiger partial charge in [0.25, 0.3) is 0 Å². The van der Waals surface area contributed by atoms with Crippen LogP contribution < -0.4 is 0 Å². The zero-order chi connectivity index (χ0) is 18.7. The van der Waals surface area contributed by atoms with Gasteiger partial charge in [-0.25, -0.2) is 4.74 Å². The lowest BCUT2D eigenvalue weighted by Crippen LogP contribution is -2.42. The molecule has 0 saturated carbocycles. The van der Waals surface area contributed by atoms with Crippen molar-refractivity contribution in [3.63, 3.8) is 0 Å². The van der Waals surface area contributed by atoms with E-state index in [4.69, 9.17) is 8.84 Å². The van der Waals surface area contributed by atoms with E-state index in [1.54, 1.807) is 6.21 Å². The molecule has 2 aromatic rings. The molecule has 0 N–H and O–H groups in total. The Morgan fingerprint density at radius 1 is 1.16 bits per heavy atom. The highest BCUT2D eigenvalue weighted by molar-refractivity contribution is 6.74. The minimum absolute atomic E-state index is 0.0495. The zero-order valence-electron chi connectivity index (χ0n) is 16.1. The standard InChI is InChI=1S/C20H29NO3Si/c1-16-12-13-18(23-16)19(24-25(5,6)20(2,3)4)15-21(22)14-17-10-8-7-9-11-17/h7-13,15,19H,14H2,1-6H3/b21-15-/t19-/m0/s1. The highest BCUT2D eigenvalue weighted by Crippen LogP contribution is 2.39. The van der Waals surface area contributed by atoms with Crippen molar-refractivity contribution in [2.45, 2.75) is 58.5 Å². The first kappa shape index (κ1) is 19.5. The summed E-state index contributed by atoms with van der Waals surface area (Å²) in [6.45, 7) is 13.1. The van der Waals surface area contributed by atoms with Crippen LogP contribution in [0.25, 0.3) is 0 Å². The molecule has 0 aliphatic heterocycles. The number of nitrogens with zero attached hydrogens (tertiary/aromatic N) is 1. The van der Waals surface area contributed by atoms with Gasteiger partial charge < -0.3 is 14.1 Å². The fourth-order valence-corrected chi connectivity index (χ4v) is 3.39. The summed E-state index contributed by atoms with van der Waals surface area (Å²) in [7, 11) is -2.06. The van der Waals surface area contributed by atoms with Crippen molar-refractivity contribution >= 4 is 14.5 Å². The third kappa shape index (κ3) is 5.31. The van der Waals surface area contributed by atoms with E-state index >= 15 is 0 Å². The summed E-state index contributed by atoms with van der Waals surface area (Å²) >= 11 is 0. The van der Waals surface area contributed by atoms with E-state index in [9.17, 15) is 5.21 Å². The molecule has 0 bridgehead atoms. The maximum atomic E-state index is 12.5. The van der Waals surface area contributed by atoms with Crippen LogP contribution in [-0.2, 0) is 11.0 Å². The normalized spacial score (nSPS) is 14.6. The van der Waals surface area contributed by atoms with Crippen molar-refractivity contribution in [2.24, 2.45) is 0 Å². The number of rotatable bonds is 6. The molecule has 5 heteroatoms. The Bertz CT molecular complexity index is 714. The van der Waals surface area contributed by atoms with Crippen LogP contribution in [0.2, 0.25) is 18.1 Å². The molecule has 1 aromatic carbocycles. The van der Waals surface area contributed by atoms with Gasteiger partial charge in [-0.1, -0.05) is 51.1 Å². The Hall–Kier alpha value is -1.85.